The smallest absolute Gasteiger partial charge is 0.252 e. The number of hydrogen-bond donors (Lipinski definition) is 2. The quantitative estimate of drug-likeness (QED) is 0.330. The van der Waals surface area contributed by atoms with Crippen molar-refractivity contribution in [2.24, 2.45) is 10.9 Å². The number of rotatable bonds is 11. The fraction of sp³-hybridized carbons (Fsp3) is 0.385. The third kappa shape index (κ3) is 5.40. The molecular weight excluding hydrogens is 475 g/mol. The van der Waals surface area contributed by atoms with Crippen LogP contribution in [0.15, 0.2) is 60.1 Å². The van der Waals surface area contributed by atoms with Gasteiger partial charge in [0, 0.05) is 47.2 Å². The first-order valence-electron chi connectivity index (χ1n) is 11.4. The Kier molecular flexibility index (Phi) is 7.81. The average Bonchev–Trinajstić information content (AvgIpc) is 3.58. The Morgan fingerprint density at radius 3 is 2.68 bits per heavy atom. The molecule has 1 aliphatic heterocycles. The third-order valence-electron chi connectivity index (χ3n) is 5.98. The Morgan fingerprint density at radius 2 is 2.03 bits per heavy atom. The van der Waals surface area contributed by atoms with E-state index in [4.69, 9.17) is 42.8 Å². The van der Waals surface area contributed by atoms with E-state index in [0.29, 0.717) is 58.3 Å². The zero-order valence-electron chi connectivity index (χ0n) is 18.8. The van der Waals surface area contributed by atoms with Crippen molar-refractivity contribution in [3.05, 3.63) is 76.3 Å². The van der Waals surface area contributed by atoms with E-state index in [9.17, 15) is 4.79 Å². The van der Waals surface area contributed by atoms with Crippen LogP contribution in [-0.4, -0.2) is 42.2 Å². The van der Waals surface area contributed by atoms with Gasteiger partial charge >= 0.3 is 0 Å². The predicted molar refractivity (Wildman–Crippen MR) is 134 cm³/mol. The molecule has 2 aromatic carbocycles. The number of nitrogens with one attached hydrogen (secondary N) is 1. The molecule has 0 aromatic heterocycles. The molecule has 34 heavy (non-hydrogen) atoms. The summed E-state index contributed by atoms with van der Waals surface area (Å²) in [6.07, 6.45) is 4.02. The number of amides is 1. The highest BCUT2D eigenvalue weighted by Gasteiger charge is 2.53. The van der Waals surface area contributed by atoms with Gasteiger partial charge in [0.2, 0.25) is 5.90 Å². The zero-order valence-corrected chi connectivity index (χ0v) is 20.3. The lowest BCUT2D eigenvalue weighted by molar-refractivity contribution is -0.128. The Bertz CT molecular complexity index is 1070. The summed E-state index contributed by atoms with van der Waals surface area (Å²) in [5.74, 6) is 1.33. The van der Waals surface area contributed by atoms with Crippen molar-refractivity contribution in [3.8, 4) is 5.75 Å². The largest absolute Gasteiger partial charge is 0.494 e. The molecule has 2 atom stereocenters. The summed E-state index contributed by atoms with van der Waals surface area (Å²) in [4.78, 5) is 18.4. The van der Waals surface area contributed by atoms with Gasteiger partial charge in [0.1, 0.15) is 5.75 Å². The molecule has 6 nitrogen and oxygen atoms in total. The maximum absolute atomic E-state index is 13.6. The van der Waals surface area contributed by atoms with Gasteiger partial charge in [0.05, 0.1) is 6.61 Å². The zero-order chi connectivity index (χ0) is 24.1. The lowest BCUT2D eigenvalue weighted by Crippen LogP contribution is -2.48. The standard InChI is InChI=1S/C26H28Cl2N2O4/c1-2-12-26(25(32)29-16-17-4-5-17)23(21-11-8-19(27)15-22(21)28)34-24(30-26)18-6-9-20(10-7-18)33-14-3-13-31/h2,6-11,15,17,23,31H,1,3-5,12-14,16H2,(H,29,32)/t23-,26-/m1/s1. The molecule has 180 valence electrons. The van der Waals surface area contributed by atoms with Crippen LogP contribution in [0.4, 0.5) is 0 Å². The van der Waals surface area contributed by atoms with Crippen molar-refractivity contribution in [3.63, 3.8) is 0 Å². The Balaban J connectivity index is 1.68. The topological polar surface area (TPSA) is 80.2 Å². The maximum atomic E-state index is 13.6. The van der Waals surface area contributed by atoms with Gasteiger partial charge in [-0.15, -0.1) is 6.58 Å². The number of carbonyl (C=O) groups excluding carboxylic acids is 1. The van der Waals surface area contributed by atoms with E-state index in [0.717, 1.165) is 12.8 Å². The highest BCUT2D eigenvalue weighted by Crippen LogP contribution is 2.45. The van der Waals surface area contributed by atoms with Gasteiger partial charge in [-0.2, -0.15) is 0 Å². The average molecular weight is 503 g/mol. The molecule has 0 spiro atoms. The van der Waals surface area contributed by atoms with E-state index in [1.54, 1.807) is 24.3 Å². The SMILES string of the molecule is C=CC[C@@]1(C(=O)NCC2CC2)N=C(c2ccc(OCCCO)cc2)O[C@@H]1c1ccc(Cl)cc1Cl. The number of benzene rings is 2. The van der Waals surface area contributed by atoms with Gasteiger partial charge < -0.3 is 19.9 Å². The van der Waals surface area contributed by atoms with E-state index in [1.807, 2.05) is 24.3 Å². The number of aliphatic hydroxyl groups is 1. The van der Waals surface area contributed by atoms with Crippen LogP contribution in [0.25, 0.3) is 0 Å². The molecule has 2 aromatic rings. The van der Waals surface area contributed by atoms with Crippen LogP contribution in [0.5, 0.6) is 5.75 Å². The fourth-order valence-electron chi connectivity index (χ4n) is 3.94. The van der Waals surface area contributed by atoms with E-state index in [-0.39, 0.29) is 18.9 Å². The molecule has 1 aliphatic carbocycles. The minimum Gasteiger partial charge on any atom is -0.494 e. The predicted octanol–water partition coefficient (Wildman–Crippen LogP) is 5.11. The molecule has 2 aliphatic rings. The summed E-state index contributed by atoms with van der Waals surface area (Å²) in [5, 5.41) is 12.9. The number of aliphatic imine (C=N–C) groups is 1. The first-order valence-corrected chi connectivity index (χ1v) is 12.2. The van der Waals surface area contributed by atoms with Crippen molar-refractivity contribution < 1.29 is 19.4 Å². The lowest BCUT2D eigenvalue weighted by atomic mass is 9.84. The minimum atomic E-state index is -1.25. The number of ether oxygens (including phenoxy) is 2. The highest BCUT2D eigenvalue weighted by molar-refractivity contribution is 6.35. The second-order valence-corrected chi connectivity index (χ2v) is 9.44. The monoisotopic (exact) mass is 502 g/mol. The van der Waals surface area contributed by atoms with E-state index < -0.39 is 11.6 Å². The van der Waals surface area contributed by atoms with Crippen molar-refractivity contribution in [2.75, 3.05) is 19.8 Å². The number of halogens is 2. The molecule has 1 saturated carbocycles. The van der Waals surface area contributed by atoms with Gasteiger partial charge in [-0.25, -0.2) is 4.99 Å². The van der Waals surface area contributed by atoms with Crippen molar-refractivity contribution in [1.82, 2.24) is 5.32 Å². The number of hydrogen-bond acceptors (Lipinski definition) is 5. The van der Waals surface area contributed by atoms with Crippen LogP contribution in [0.3, 0.4) is 0 Å². The Morgan fingerprint density at radius 1 is 1.26 bits per heavy atom. The summed E-state index contributed by atoms with van der Waals surface area (Å²) in [7, 11) is 0. The van der Waals surface area contributed by atoms with E-state index >= 15 is 0 Å². The molecule has 2 N–H and O–H groups in total. The van der Waals surface area contributed by atoms with Crippen molar-refractivity contribution in [1.29, 1.82) is 0 Å². The van der Waals surface area contributed by atoms with Crippen molar-refractivity contribution in [2.45, 2.75) is 37.3 Å². The second-order valence-electron chi connectivity index (χ2n) is 8.60. The lowest BCUT2D eigenvalue weighted by Gasteiger charge is -2.30. The molecule has 0 bridgehead atoms. The van der Waals surface area contributed by atoms with E-state index in [1.165, 1.54) is 0 Å². The number of nitrogens with zero attached hydrogens (tertiary/aromatic N) is 1. The number of carbonyl (C=O) groups is 1. The van der Waals surface area contributed by atoms with Gasteiger partial charge in [-0.05, 0) is 55.2 Å². The second kappa shape index (κ2) is 10.8. The molecular formula is C26H28Cl2N2O4. The van der Waals surface area contributed by atoms with Gasteiger partial charge in [-0.3, -0.25) is 4.79 Å². The summed E-state index contributed by atoms with van der Waals surface area (Å²) in [6, 6.07) is 12.4. The fourth-order valence-corrected chi connectivity index (χ4v) is 4.45. The molecule has 0 unspecified atom stereocenters. The molecule has 4 rings (SSSR count). The molecule has 1 amide bonds. The van der Waals surface area contributed by atoms with Crippen LogP contribution in [0.2, 0.25) is 10.0 Å². The van der Waals surface area contributed by atoms with Crippen molar-refractivity contribution >= 4 is 35.0 Å². The minimum absolute atomic E-state index is 0.0750. The van der Waals surface area contributed by atoms with Crippen LogP contribution in [0, 0.1) is 5.92 Å². The highest BCUT2D eigenvalue weighted by atomic mass is 35.5. The molecule has 8 heteroatoms. The van der Waals surface area contributed by atoms with Gasteiger partial charge in [-0.1, -0.05) is 35.3 Å². The van der Waals surface area contributed by atoms with Crippen LogP contribution in [0.1, 0.15) is 42.9 Å². The van der Waals surface area contributed by atoms with Gasteiger partial charge in [0.25, 0.3) is 5.91 Å². The normalized spacial score (nSPS) is 21.5. The Labute approximate surface area is 209 Å². The van der Waals surface area contributed by atoms with Crippen LogP contribution < -0.4 is 10.1 Å². The Hall–Kier alpha value is -2.54. The first kappa shape index (κ1) is 24.6. The molecule has 1 heterocycles. The molecule has 1 fully saturated rings. The number of aliphatic hydroxyl groups excluding tert-OH is 1. The maximum Gasteiger partial charge on any atom is 0.252 e. The molecule has 0 radical (unpaired) electrons. The van der Waals surface area contributed by atoms with E-state index in [2.05, 4.69) is 11.9 Å². The van der Waals surface area contributed by atoms with Gasteiger partial charge in [0.15, 0.2) is 11.6 Å². The third-order valence-corrected chi connectivity index (χ3v) is 6.54. The summed E-state index contributed by atoms with van der Waals surface area (Å²) >= 11 is 12.7. The summed E-state index contributed by atoms with van der Waals surface area (Å²) in [6.45, 7) is 4.99. The van der Waals surface area contributed by atoms with Crippen LogP contribution in [-0.2, 0) is 9.53 Å². The first-order chi connectivity index (χ1) is 16.5. The summed E-state index contributed by atoms with van der Waals surface area (Å²) < 4.78 is 12.0. The summed E-state index contributed by atoms with van der Waals surface area (Å²) in [5.41, 5.74) is 0.0995. The molecule has 0 saturated heterocycles. The van der Waals surface area contributed by atoms with Crippen LogP contribution >= 0.6 is 23.2 Å².